The second-order valence-corrected chi connectivity index (χ2v) is 4.91. The van der Waals surface area contributed by atoms with Crippen LogP contribution in [-0.4, -0.2) is 51.3 Å². The summed E-state index contributed by atoms with van der Waals surface area (Å²) >= 11 is 0. The number of hydrogen-bond donors (Lipinski definition) is 3. The molecule has 5 nitrogen and oxygen atoms in total. The fourth-order valence-corrected chi connectivity index (χ4v) is 2.03. The standard InChI is InChI=1S/C11H23N3O2/c1-8(2)10-3-13-11(4-12-10)16-6-9-5-15-7-14-9/h8-14H,3-7H2,1-2H3. The van der Waals surface area contributed by atoms with E-state index >= 15 is 0 Å². The third-order valence-electron chi connectivity index (χ3n) is 3.23. The summed E-state index contributed by atoms with van der Waals surface area (Å²) < 4.78 is 11.0. The van der Waals surface area contributed by atoms with Crippen LogP contribution in [0, 0.1) is 5.92 Å². The molecule has 94 valence electrons. The first-order valence-corrected chi connectivity index (χ1v) is 6.15. The van der Waals surface area contributed by atoms with E-state index in [0.29, 0.717) is 31.3 Å². The minimum atomic E-state index is 0.136. The van der Waals surface area contributed by atoms with Gasteiger partial charge in [0, 0.05) is 19.1 Å². The Kier molecular flexibility index (Phi) is 4.55. The molecule has 0 spiro atoms. The van der Waals surface area contributed by atoms with Crippen molar-refractivity contribution in [3.05, 3.63) is 0 Å². The van der Waals surface area contributed by atoms with Crippen LogP contribution < -0.4 is 16.0 Å². The Morgan fingerprint density at radius 2 is 2.12 bits per heavy atom. The number of nitrogens with one attached hydrogen (secondary N) is 3. The first-order valence-electron chi connectivity index (χ1n) is 6.15. The maximum Gasteiger partial charge on any atom is 0.120 e. The highest BCUT2D eigenvalue weighted by Crippen LogP contribution is 2.06. The van der Waals surface area contributed by atoms with Gasteiger partial charge in [-0.15, -0.1) is 0 Å². The van der Waals surface area contributed by atoms with E-state index in [0.717, 1.165) is 19.7 Å². The lowest BCUT2D eigenvalue weighted by Crippen LogP contribution is -2.57. The molecule has 0 bridgehead atoms. The van der Waals surface area contributed by atoms with Gasteiger partial charge in [-0.05, 0) is 5.92 Å². The summed E-state index contributed by atoms with van der Waals surface area (Å²) in [5.41, 5.74) is 0. The summed E-state index contributed by atoms with van der Waals surface area (Å²) in [5.74, 6) is 0.665. The molecule has 3 unspecified atom stereocenters. The largest absolute Gasteiger partial charge is 0.365 e. The summed E-state index contributed by atoms with van der Waals surface area (Å²) in [6.07, 6.45) is 0.136. The van der Waals surface area contributed by atoms with Crippen molar-refractivity contribution in [1.29, 1.82) is 0 Å². The Balaban J connectivity index is 1.61. The van der Waals surface area contributed by atoms with Crippen LogP contribution in [0.2, 0.25) is 0 Å². The quantitative estimate of drug-likeness (QED) is 0.606. The molecule has 0 aromatic carbocycles. The number of rotatable bonds is 4. The molecule has 0 aromatic heterocycles. The highest BCUT2D eigenvalue weighted by atomic mass is 16.5. The molecule has 2 aliphatic heterocycles. The zero-order valence-electron chi connectivity index (χ0n) is 10.2. The fourth-order valence-electron chi connectivity index (χ4n) is 2.03. The van der Waals surface area contributed by atoms with Crippen molar-refractivity contribution in [2.45, 2.75) is 32.2 Å². The molecule has 0 aromatic rings. The van der Waals surface area contributed by atoms with Crippen molar-refractivity contribution < 1.29 is 9.47 Å². The number of piperazine rings is 1. The van der Waals surface area contributed by atoms with Crippen LogP contribution in [0.4, 0.5) is 0 Å². The van der Waals surface area contributed by atoms with Gasteiger partial charge in [0.25, 0.3) is 0 Å². The molecule has 16 heavy (non-hydrogen) atoms. The summed E-state index contributed by atoms with van der Waals surface area (Å²) in [4.78, 5) is 0. The van der Waals surface area contributed by atoms with Gasteiger partial charge in [0.1, 0.15) is 6.23 Å². The molecule has 0 saturated carbocycles. The second kappa shape index (κ2) is 5.93. The van der Waals surface area contributed by atoms with E-state index in [9.17, 15) is 0 Å². The fraction of sp³-hybridized carbons (Fsp3) is 1.00. The summed E-state index contributed by atoms with van der Waals surface area (Å²) in [6, 6.07) is 0.914. The van der Waals surface area contributed by atoms with Gasteiger partial charge >= 0.3 is 0 Å². The smallest absolute Gasteiger partial charge is 0.120 e. The third-order valence-corrected chi connectivity index (χ3v) is 3.23. The first-order chi connectivity index (χ1) is 7.75. The van der Waals surface area contributed by atoms with Crippen molar-refractivity contribution in [1.82, 2.24) is 16.0 Å². The molecular weight excluding hydrogens is 206 g/mol. The van der Waals surface area contributed by atoms with E-state index in [-0.39, 0.29) is 6.23 Å². The van der Waals surface area contributed by atoms with E-state index < -0.39 is 0 Å². The van der Waals surface area contributed by atoms with Crippen molar-refractivity contribution in [2.75, 3.05) is 33.0 Å². The van der Waals surface area contributed by atoms with Gasteiger partial charge in [-0.1, -0.05) is 13.8 Å². The number of ether oxygens (including phenoxy) is 2. The lowest BCUT2D eigenvalue weighted by molar-refractivity contribution is 0.000820. The topological polar surface area (TPSA) is 54.5 Å². The van der Waals surface area contributed by atoms with Crippen LogP contribution in [0.1, 0.15) is 13.8 Å². The third kappa shape index (κ3) is 3.40. The van der Waals surface area contributed by atoms with Crippen LogP contribution in [0.5, 0.6) is 0 Å². The molecule has 5 heteroatoms. The minimum Gasteiger partial charge on any atom is -0.365 e. The molecule has 0 amide bonds. The van der Waals surface area contributed by atoms with Gasteiger partial charge in [0.2, 0.25) is 0 Å². The van der Waals surface area contributed by atoms with Crippen LogP contribution in [-0.2, 0) is 9.47 Å². The summed E-state index contributed by atoms with van der Waals surface area (Å²) in [7, 11) is 0. The van der Waals surface area contributed by atoms with Gasteiger partial charge in [-0.25, -0.2) is 0 Å². The molecular formula is C11H23N3O2. The van der Waals surface area contributed by atoms with Gasteiger partial charge in [-0.3, -0.25) is 10.6 Å². The van der Waals surface area contributed by atoms with Crippen LogP contribution in [0.25, 0.3) is 0 Å². The van der Waals surface area contributed by atoms with Crippen molar-refractivity contribution >= 4 is 0 Å². The van der Waals surface area contributed by atoms with Crippen molar-refractivity contribution in [3.63, 3.8) is 0 Å². The average molecular weight is 229 g/mol. The SMILES string of the molecule is CC(C)C1CNC(OCC2COCN2)CN1. The maximum absolute atomic E-state index is 5.78. The number of hydrogen-bond acceptors (Lipinski definition) is 5. The Morgan fingerprint density at radius 3 is 2.69 bits per heavy atom. The summed E-state index contributed by atoms with van der Waals surface area (Å²) in [6.45, 7) is 8.47. The molecule has 2 fully saturated rings. The Labute approximate surface area is 97.3 Å². The van der Waals surface area contributed by atoms with E-state index in [1.165, 1.54) is 0 Å². The highest BCUT2D eigenvalue weighted by molar-refractivity contribution is 4.81. The maximum atomic E-state index is 5.78. The average Bonchev–Trinajstić information content (AvgIpc) is 2.80. The lowest BCUT2D eigenvalue weighted by Gasteiger charge is -2.33. The van der Waals surface area contributed by atoms with E-state index in [1.807, 2.05) is 0 Å². The van der Waals surface area contributed by atoms with Crippen LogP contribution in [0.15, 0.2) is 0 Å². The lowest BCUT2D eigenvalue weighted by atomic mass is 10.0. The van der Waals surface area contributed by atoms with Gasteiger partial charge in [0.05, 0.1) is 26.0 Å². The Morgan fingerprint density at radius 1 is 1.25 bits per heavy atom. The van der Waals surface area contributed by atoms with E-state index in [1.54, 1.807) is 0 Å². The zero-order chi connectivity index (χ0) is 11.4. The van der Waals surface area contributed by atoms with E-state index in [4.69, 9.17) is 9.47 Å². The predicted octanol–water partition coefficient (Wildman–Crippen LogP) is -0.508. The Hall–Kier alpha value is -0.200. The molecule has 2 saturated heterocycles. The molecule has 0 radical (unpaired) electrons. The molecule has 2 heterocycles. The first kappa shape index (κ1) is 12.3. The second-order valence-electron chi connectivity index (χ2n) is 4.91. The van der Waals surface area contributed by atoms with Gasteiger partial charge in [0.15, 0.2) is 0 Å². The Bertz CT molecular complexity index is 199. The van der Waals surface area contributed by atoms with Crippen LogP contribution >= 0.6 is 0 Å². The molecule has 3 N–H and O–H groups in total. The normalized spacial score (nSPS) is 35.8. The molecule has 3 atom stereocenters. The minimum absolute atomic E-state index is 0.136. The highest BCUT2D eigenvalue weighted by Gasteiger charge is 2.23. The molecule has 0 aliphatic carbocycles. The van der Waals surface area contributed by atoms with Crippen molar-refractivity contribution in [2.24, 2.45) is 5.92 Å². The van der Waals surface area contributed by atoms with Crippen molar-refractivity contribution in [3.8, 4) is 0 Å². The zero-order valence-corrected chi connectivity index (χ0v) is 10.2. The molecule has 2 rings (SSSR count). The molecule has 2 aliphatic rings. The monoisotopic (exact) mass is 229 g/mol. The predicted molar refractivity (Wildman–Crippen MR) is 62.1 cm³/mol. The van der Waals surface area contributed by atoms with E-state index in [2.05, 4.69) is 29.8 Å². The van der Waals surface area contributed by atoms with Gasteiger partial charge < -0.3 is 14.8 Å². The summed E-state index contributed by atoms with van der Waals surface area (Å²) in [5, 5.41) is 10.2. The van der Waals surface area contributed by atoms with Gasteiger partial charge in [-0.2, -0.15) is 0 Å². The van der Waals surface area contributed by atoms with Crippen LogP contribution in [0.3, 0.4) is 0 Å².